The second-order valence-electron chi connectivity index (χ2n) is 6.83. The third-order valence-electron chi connectivity index (χ3n) is 5.23. The fourth-order valence-electron chi connectivity index (χ4n) is 3.74. The molecule has 1 heterocycles. The van der Waals surface area contributed by atoms with Crippen LogP contribution in [0.2, 0.25) is 0 Å². The first-order valence-electron chi connectivity index (χ1n) is 8.58. The molecule has 0 bridgehead atoms. The van der Waals surface area contributed by atoms with E-state index < -0.39 is 0 Å². The van der Waals surface area contributed by atoms with Gasteiger partial charge in [0, 0.05) is 31.2 Å². The highest BCUT2D eigenvalue weighted by molar-refractivity contribution is 5.28. The second-order valence-corrected chi connectivity index (χ2v) is 6.83. The summed E-state index contributed by atoms with van der Waals surface area (Å²) in [7, 11) is 0. The van der Waals surface area contributed by atoms with Gasteiger partial charge in [-0.05, 0) is 38.7 Å². The van der Waals surface area contributed by atoms with E-state index in [1.165, 1.54) is 42.5 Å². The molecular formula is C19H32N2. The standard InChI is InChI=1S/C19H32N2/c1-6-18-12-20-19(7-2,8-3)14-21(18)13-17-10-15(4)9-16(5)11-17/h9-11,18,20H,6-8,12-14H2,1-5H3. The zero-order chi connectivity index (χ0) is 15.5. The van der Waals surface area contributed by atoms with Gasteiger partial charge in [0.25, 0.3) is 0 Å². The van der Waals surface area contributed by atoms with Gasteiger partial charge in [0.1, 0.15) is 0 Å². The average Bonchev–Trinajstić information content (AvgIpc) is 2.46. The highest BCUT2D eigenvalue weighted by Crippen LogP contribution is 2.25. The summed E-state index contributed by atoms with van der Waals surface area (Å²) in [6.45, 7) is 14.7. The monoisotopic (exact) mass is 288 g/mol. The maximum Gasteiger partial charge on any atom is 0.0304 e. The van der Waals surface area contributed by atoms with Crippen molar-refractivity contribution in [1.82, 2.24) is 10.2 Å². The number of nitrogens with one attached hydrogen (secondary N) is 1. The van der Waals surface area contributed by atoms with Crippen LogP contribution in [0.3, 0.4) is 0 Å². The number of hydrogen-bond acceptors (Lipinski definition) is 2. The number of hydrogen-bond donors (Lipinski definition) is 1. The smallest absolute Gasteiger partial charge is 0.0304 e. The summed E-state index contributed by atoms with van der Waals surface area (Å²) < 4.78 is 0. The van der Waals surface area contributed by atoms with Gasteiger partial charge in [-0.3, -0.25) is 4.90 Å². The Morgan fingerprint density at radius 3 is 2.24 bits per heavy atom. The van der Waals surface area contributed by atoms with E-state index in [9.17, 15) is 0 Å². The molecule has 1 aliphatic heterocycles. The number of nitrogens with zero attached hydrogens (tertiary/aromatic N) is 1. The fraction of sp³-hybridized carbons (Fsp3) is 0.684. The molecule has 1 aliphatic rings. The predicted molar refractivity (Wildman–Crippen MR) is 91.7 cm³/mol. The van der Waals surface area contributed by atoms with Crippen molar-refractivity contribution in [3.05, 3.63) is 34.9 Å². The van der Waals surface area contributed by atoms with Crippen LogP contribution in [0.1, 0.15) is 56.7 Å². The fourth-order valence-corrected chi connectivity index (χ4v) is 3.74. The van der Waals surface area contributed by atoms with Gasteiger partial charge in [0.15, 0.2) is 0 Å². The van der Waals surface area contributed by atoms with E-state index >= 15 is 0 Å². The maximum atomic E-state index is 3.83. The number of rotatable bonds is 5. The average molecular weight is 288 g/mol. The van der Waals surface area contributed by atoms with Gasteiger partial charge in [-0.25, -0.2) is 0 Å². The van der Waals surface area contributed by atoms with Crippen molar-refractivity contribution in [2.75, 3.05) is 13.1 Å². The molecule has 2 rings (SSSR count). The lowest BCUT2D eigenvalue weighted by molar-refractivity contribution is 0.0643. The van der Waals surface area contributed by atoms with Crippen molar-refractivity contribution in [2.45, 2.75) is 72.0 Å². The molecule has 1 fully saturated rings. The van der Waals surface area contributed by atoms with Crippen molar-refractivity contribution >= 4 is 0 Å². The number of aryl methyl sites for hydroxylation is 2. The van der Waals surface area contributed by atoms with Crippen molar-refractivity contribution in [3.63, 3.8) is 0 Å². The zero-order valence-electron chi connectivity index (χ0n) is 14.5. The van der Waals surface area contributed by atoms with Crippen LogP contribution in [0.25, 0.3) is 0 Å². The molecule has 1 N–H and O–H groups in total. The molecule has 0 aromatic heterocycles. The minimum Gasteiger partial charge on any atom is -0.308 e. The van der Waals surface area contributed by atoms with Gasteiger partial charge in [-0.15, -0.1) is 0 Å². The molecule has 21 heavy (non-hydrogen) atoms. The zero-order valence-corrected chi connectivity index (χ0v) is 14.5. The van der Waals surface area contributed by atoms with E-state index in [0.29, 0.717) is 11.6 Å². The molecule has 1 saturated heterocycles. The molecule has 0 radical (unpaired) electrons. The first-order chi connectivity index (χ1) is 10.0. The van der Waals surface area contributed by atoms with Gasteiger partial charge >= 0.3 is 0 Å². The van der Waals surface area contributed by atoms with Gasteiger partial charge in [0.2, 0.25) is 0 Å². The van der Waals surface area contributed by atoms with Crippen LogP contribution in [0, 0.1) is 13.8 Å². The third kappa shape index (κ3) is 3.87. The lowest BCUT2D eigenvalue weighted by Gasteiger charge is -2.47. The lowest BCUT2D eigenvalue weighted by Crippen LogP contribution is -2.63. The summed E-state index contributed by atoms with van der Waals surface area (Å²) in [6.07, 6.45) is 3.65. The van der Waals surface area contributed by atoms with Crippen molar-refractivity contribution in [3.8, 4) is 0 Å². The van der Waals surface area contributed by atoms with Crippen molar-refractivity contribution in [1.29, 1.82) is 0 Å². The van der Waals surface area contributed by atoms with Crippen LogP contribution in [0.5, 0.6) is 0 Å². The van der Waals surface area contributed by atoms with Crippen LogP contribution >= 0.6 is 0 Å². The summed E-state index contributed by atoms with van der Waals surface area (Å²) in [5, 5.41) is 3.83. The lowest BCUT2D eigenvalue weighted by atomic mass is 9.87. The van der Waals surface area contributed by atoms with Gasteiger partial charge in [-0.1, -0.05) is 50.1 Å². The molecule has 1 aromatic rings. The van der Waals surface area contributed by atoms with E-state index in [0.717, 1.165) is 13.1 Å². The number of benzene rings is 1. The van der Waals surface area contributed by atoms with E-state index in [4.69, 9.17) is 0 Å². The van der Waals surface area contributed by atoms with Crippen molar-refractivity contribution < 1.29 is 0 Å². The molecule has 2 nitrogen and oxygen atoms in total. The van der Waals surface area contributed by atoms with Crippen LogP contribution in [0.4, 0.5) is 0 Å². The summed E-state index contributed by atoms with van der Waals surface area (Å²) in [4.78, 5) is 2.71. The van der Waals surface area contributed by atoms with E-state index in [-0.39, 0.29) is 0 Å². The Balaban J connectivity index is 2.17. The Morgan fingerprint density at radius 1 is 1.10 bits per heavy atom. The Bertz CT molecular complexity index is 442. The highest BCUT2D eigenvalue weighted by atomic mass is 15.2. The normalized spacial score (nSPS) is 22.4. The molecule has 0 saturated carbocycles. The summed E-state index contributed by atoms with van der Waals surface area (Å²) >= 11 is 0. The van der Waals surface area contributed by atoms with Crippen LogP contribution < -0.4 is 5.32 Å². The molecule has 2 heteroatoms. The quantitative estimate of drug-likeness (QED) is 0.879. The molecule has 1 aromatic carbocycles. The van der Waals surface area contributed by atoms with E-state index in [1.807, 2.05) is 0 Å². The Kier molecular flexibility index (Phi) is 5.45. The molecular weight excluding hydrogens is 256 g/mol. The second kappa shape index (κ2) is 6.93. The minimum atomic E-state index is 0.310. The number of piperazine rings is 1. The topological polar surface area (TPSA) is 15.3 Å². The summed E-state index contributed by atoms with van der Waals surface area (Å²) in [5.74, 6) is 0. The van der Waals surface area contributed by atoms with Gasteiger partial charge < -0.3 is 5.32 Å². The summed E-state index contributed by atoms with van der Waals surface area (Å²) in [6, 6.07) is 7.63. The first kappa shape index (κ1) is 16.5. The van der Waals surface area contributed by atoms with Crippen molar-refractivity contribution in [2.24, 2.45) is 0 Å². The van der Waals surface area contributed by atoms with Crippen LogP contribution in [0.15, 0.2) is 18.2 Å². The van der Waals surface area contributed by atoms with Crippen LogP contribution in [-0.2, 0) is 6.54 Å². The first-order valence-corrected chi connectivity index (χ1v) is 8.58. The molecule has 0 spiro atoms. The Hall–Kier alpha value is -0.860. The Labute approximate surface area is 130 Å². The largest absolute Gasteiger partial charge is 0.308 e. The third-order valence-corrected chi connectivity index (χ3v) is 5.23. The van der Waals surface area contributed by atoms with Gasteiger partial charge in [0.05, 0.1) is 0 Å². The Morgan fingerprint density at radius 2 is 1.71 bits per heavy atom. The summed E-state index contributed by atoms with van der Waals surface area (Å²) in [5.41, 5.74) is 4.54. The molecule has 1 atom stereocenters. The molecule has 0 aliphatic carbocycles. The van der Waals surface area contributed by atoms with E-state index in [2.05, 4.69) is 63.0 Å². The van der Waals surface area contributed by atoms with Gasteiger partial charge in [-0.2, -0.15) is 0 Å². The highest BCUT2D eigenvalue weighted by Gasteiger charge is 2.35. The van der Waals surface area contributed by atoms with E-state index in [1.54, 1.807) is 0 Å². The van der Waals surface area contributed by atoms with Crippen LogP contribution in [-0.4, -0.2) is 29.6 Å². The SMILES string of the molecule is CCC1CNC(CC)(CC)CN1Cc1cc(C)cc(C)c1. The molecule has 118 valence electrons. The predicted octanol–water partition coefficient (Wildman–Crippen LogP) is 4.05. The molecule has 1 unspecified atom stereocenters. The minimum absolute atomic E-state index is 0.310. The maximum absolute atomic E-state index is 3.83. The molecule has 0 amide bonds.